The second-order valence-electron chi connectivity index (χ2n) is 17.5. The zero-order chi connectivity index (χ0) is 41.5. The first-order valence-corrected chi connectivity index (χ1v) is 25.5. The molecule has 0 aliphatic heterocycles. The van der Waals surface area contributed by atoms with Gasteiger partial charge in [-0.2, -0.15) is 0 Å². The van der Waals surface area contributed by atoms with Crippen LogP contribution in [0.4, 0.5) is 0 Å². The molecule has 0 saturated carbocycles. The Kier molecular flexibility index (Phi) is 45.8. The fourth-order valence-corrected chi connectivity index (χ4v) is 7.74. The molecule has 0 rings (SSSR count). The Morgan fingerprint density at radius 2 is 0.474 bits per heavy atom. The highest BCUT2D eigenvalue weighted by atomic mass is 16.6. The molecule has 0 aliphatic carbocycles. The number of carbonyl (C=O) groups excluding carboxylic acids is 3. The fourth-order valence-electron chi connectivity index (χ4n) is 7.74. The Labute approximate surface area is 355 Å². The summed E-state index contributed by atoms with van der Waals surface area (Å²) in [6.45, 7) is 6.67. The van der Waals surface area contributed by atoms with E-state index >= 15 is 0 Å². The summed E-state index contributed by atoms with van der Waals surface area (Å²) < 4.78 is 16.8. The Hall–Kier alpha value is -1.59. The SMILES string of the molecule is CCCCCCCCCCCCCC[13CH2]C(=O)OCC(COC(=O)[13CH2]CCCCCCCCCCCCCC)OC(=O)[13CH2]CCCCCCCCCCCCCC. The molecule has 0 atom stereocenters. The van der Waals surface area contributed by atoms with Gasteiger partial charge in [0, 0.05) is 19.3 Å². The van der Waals surface area contributed by atoms with E-state index in [9.17, 15) is 14.4 Å². The van der Waals surface area contributed by atoms with Crippen molar-refractivity contribution in [3.8, 4) is 0 Å². The van der Waals surface area contributed by atoms with Gasteiger partial charge in [0.1, 0.15) is 13.2 Å². The predicted octanol–water partition coefficient (Wildman–Crippen LogP) is 16.4. The standard InChI is InChI=1S/C51H98O6/c1-4-7-10-13-16-19-22-25-28-31-34-37-40-43-49(52)55-46-48(57-51(54)45-42-39-36-33-30-27-24-21-18-15-12-9-6-3)47-56-50(53)44-41-38-35-32-29-26-23-20-17-14-11-8-5-2/h48H,4-47H2,1-3H3/i43+1,44+1,45+1. The van der Waals surface area contributed by atoms with Crippen molar-refractivity contribution in [2.45, 2.75) is 297 Å². The Bertz CT molecular complexity index is 798. The van der Waals surface area contributed by atoms with Crippen LogP contribution in [0.1, 0.15) is 290 Å². The summed E-state index contributed by atoms with van der Waals surface area (Å²) in [5.41, 5.74) is 0. The quantitative estimate of drug-likeness (QED) is 0.0264. The summed E-state index contributed by atoms with van der Waals surface area (Å²) in [4.78, 5) is 37.9. The van der Waals surface area contributed by atoms with Gasteiger partial charge in [-0.1, -0.05) is 252 Å². The first-order chi connectivity index (χ1) is 28.0. The molecule has 0 heterocycles. The van der Waals surface area contributed by atoms with E-state index in [1.165, 1.54) is 193 Å². The molecule has 0 radical (unpaired) electrons. The summed E-state index contributed by atoms with van der Waals surface area (Å²) >= 11 is 0. The van der Waals surface area contributed by atoms with Crippen molar-refractivity contribution >= 4 is 17.9 Å². The van der Waals surface area contributed by atoms with Gasteiger partial charge in [-0.05, 0) is 19.3 Å². The van der Waals surface area contributed by atoms with Crippen LogP contribution in [-0.4, -0.2) is 37.2 Å². The average Bonchev–Trinajstić information content (AvgIpc) is 3.21. The van der Waals surface area contributed by atoms with Gasteiger partial charge in [-0.3, -0.25) is 14.4 Å². The largest absolute Gasteiger partial charge is 0.462 e. The van der Waals surface area contributed by atoms with Crippen molar-refractivity contribution in [2.75, 3.05) is 13.2 Å². The van der Waals surface area contributed by atoms with Gasteiger partial charge in [0.15, 0.2) is 6.10 Å². The van der Waals surface area contributed by atoms with E-state index in [-0.39, 0.29) is 31.1 Å². The predicted molar refractivity (Wildman–Crippen MR) is 243 cm³/mol. The highest BCUT2D eigenvalue weighted by molar-refractivity contribution is 5.71. The summed E-state index contributed by atoms with van der Waals surface area (Å²) in [6, 6.07) is 0. The molecular formula is C51H98O6. The normalized spacial score (nSPS) is 11.4. The molecule has 6 heteroatoms. The molecule has 0 N–H and O–H groups in total. The maximum absolute atomic E-state index is 12.8. The number of carbonyl (C=O) groups is 3. The van der Waals surface area contributed by atoms with E-state index in [0.717, 1.165) is 57.8 Å². The summed E-state index contributed by atoms with van der Waals surface area (Å²) in [6.07, 6.45) is 49.3. The van der Waals surface area contributed by atoms with Crippen LogP contribution in [0.25, 0.3) is 0 Å². The first-order valence-electron chi connectivity index (χ1n) is 25.5. The molecule has 6 nitrogen and oxygen atoms in total. The van der Waals surface area contributed by atoms with Crippen LogP contribution < -0.4 is 0 Å². The number of rotatable bonds is 47. The minimum Gasteiger partial charge on any atom is -0.462 e. The minimum absolute atomic E-state index is 0.0619. The van der Waals surface area contributed by atoms with Gasteiger partial charge < -0.3 is 14.2 Å². The van der Waals surface area contributed by atoms with Crippen LogP contribution in [0.15, 0.2) is 0 Å². The molecule has 0 aliphatic rings. The van der Waals surface area contributed by atoms with Crippen molar-refractivity contribution in [3.05, 3.63) is 0 Å². The Morgan fingerprint density at radius 1 is 0.281 bits per heavy atom. The number of ether oxygens (including phenoxy) is 3. The van der Waals surface area contributed by atoms with E-state index in [4.69, 9.17) is 14.2 Å². The van der Waals surface area contributed by atoms with E-state index in [2.05, 4.69) is 20.8 Å². The van der Waals surface area contributed by atoms with Crippen LogP contribution in [0.5, 0.6) is 0 Å². The third kappa shape index (κ3) is 45.3. The average molecular weight is 810 g/mol. The second kappa shape index (κ2) is 47.1. The van der Waals surface area contributed by atoms with Crippen molar-refractivity contribution in [1.82, 2.24) is 0 Å². The van der Waals surface area contributed by atoms with Crippen molar-refractivity contribution in [3.63, 3.8) is 0 Å². The molecule has 0 fully saturated rings. The topological polar surface area (TPSA) is 78.9 Å². The monoisotopic (exact) mass is 810 g/mol. The van der Waals surface area contributed by atoms with Gasteiger partial charge in [0.05, 0.1) is 0 Å². The van der Waals surface area contributed by atoms with Crippen molar-refractivity contribution in [2.24, 2.45) is 0 Å². The number of hydrogen-bond donors (Lipinski definition) is 0. The smallest absolute Gasteiger partial charge is 0.306 e. The highest BCUT2D eigenvalue weighted by Gasteiger charge is 2.19. The molecule has 0 spiro atoms. The first kappa shape index (κ1) is 55.4. The van der Waals surface area contributed by atoms with Crippen LogP contribution >= 0.6 is 0 Å². The molecule has 0 bridgehead atoms. The number of esters is 3. The number of hydrogen-bond acceptors (Lipinski definition) is 6. The van der Waals surface area contributed by atoms with E-state index in [1.807, 2.05) is 0 Å². The van der Waals surface area contributed by atoms with Crippen LogP contribution in [-0.2, 0) is 28.6 Å². The lowest BCUT2D eigenvalue weighted by Gasteiger charge is -2.18. The lowest BCUT2D eigenvalue weighted by atomic mass is 10.1. The van der Waals surface area contributed by atoms with Gasteiger partial charge in [0.25, 0.3) is 0 Å². The molecule has 0 aromatic carbocycles. The molecule has 0 saturated heterocycles. The maximum atomic E-state index is 12.8. The molecule has 57 heavy (non-hydrogen) atoms. The Morgan fingerprint density at radius 3 is 0.702 bits per heavy atom. The van der Waals surface area contributed by atoms with Gasteiger partial charge >= 0.3 is 17.9 Å². The maximum Gasteiger partial charge on any atom is 0.306 e. The van der Waals surface area contributed by atoms with E-state index in [1.54, 1.807) is 0 Å². The number of unbranched alkanes of at least 4 members (excludes halogenated alkanes) is 36. The third-order valence-electron chi connectivity index (χ3n) is 11.6. The minimum atomic E-state index is -0.759. The van der Waals surface area contributed by atoms with Crippen LogP contribution in [0, 0.1) is 0 Å². The van der Waals surface area contributed by atoms with E-state index in [0.29, 0.717) is 19.3 Å². The molecule has 0 amide bonds. The second-order valence-corrected chi connectivity index (χ2v) is 17.5. The van der Waals surface area contributed by atoms with Crippen molar-refractivity contribution in [1.29, 1.82) is 0 Å². The van der Waals surface area contributed by atoms with Crippen LogP contribution in [0.2, 0.25) is 0 Å². The Balaban J connectivity index is 4.31. The van der Waals surface area contributed by atoms with Crippen molar-refractivity contribution < 1.29 is 28.6 Å². The zero-order valence-electron chi connectivity index (χ0n) is 38.6. The zero-order valence-corrected chi connectivity index (χ0v) is 38.6. The summed E-state index contributed by atoms with van der Waals surface area (Å²) in [7, 11) is 0. The lowest BCUT2D eigenvalue weighted by Crippen LogP contribution is -2.30. The molecule has 338 valence electrons. The van der Waals surface area contributed by atoms with Gasteiger partial charge in [-0.15, -0.1) is 0 Å². The summed E-state index contributed by atoms with van der Waals surface area (Å²) in [5.74, 6) is -0.842. The highest BCUT2D eigenvalue weighted by Crippen LogP contribution is 2.16. The van der Waals surface area contributed by atoms with Crippen LogP contribution in [0.3, 0.4) is 0 Å². The van der Waals surface area contributed by atoms with E-state index < -0.39 is 6.10 Å². The molecule has 0 unspecified atom stereocenters. The summed E-state index contributed by atoms with van der Waals surface area (Å²) in [5, 5.41) is 0. The molecule has 0 aromatic rings. The lowest BCUT2D eigenvalue weighted by molar-refractivity contribution is -0.167. The van der Waals surface area contributed by atoms with Gasteiger partial charge in [0.2, 0.25) is 0 Å². The molecular weight excluding hydrogens is 712 g/mol. The molecule has 0 aromatic heterocycles. The third-order valence-corrected chi connectivity index (χ3v) is 11.6. The fraction of sp³-hybridized carbons (Fsp3) is 0.941. The van der Waals surface area contributed by atoms with Gasteiger partial charge in [-0.25, -0.2) is 0 Å².